The van der Waals surface area contributed by atoms with Crippen LogP contribution in [0, 0.1) is 0 Å². The third kappa shape index (κ3) is 5.98. The molecule has 2 aromatic rings. The number of hydrogen-bond acceptors (Lipinski definition) is 5. The molecule has 176 valence electrons. The Morgan fingerprint density at radius 1 is 1.00 bits per heavy atom. The summed E-state index contributed by atoms with van der Waals surface area (Å²) in [7, 11) is -3.62. The Hall–Kier alpha value is -2.75. The Bertz CT molecular complexity index is 1120. The third-order valence-electron chi connectivity index (χ3n) is 5.67. The van der Waals surface area contributed by atoms with Crippen LogP contribution in [0.15, 0.2) is 53.4 Å². The van der Waals surface area contributed by atoms with Gasteiger partial charge in [0.05, 0.1) is 17.1 Å². The molecule has 1 heterocycles. The molecule has 2 aromatic carbocycles. The smallest absolute Gasteiger partial charge is 0.254 e. The minimum absolute atomic E-state index is 0.00242. The predicted molar refractivity (Wildman–Crippen MR) is 123 cm³/mol. The highest BCUT2D eigenvalue weighted by molar-refractivity contribution is 7.89. The maximum atomic E-state index is 12.8. The van der Waals surface area contributed by atoms with Crippen LogP contribution in [-0.4, -0.2) is 56.5 Å². The average Bonchev–Trinajstić information content (AvgIpc) is 3.60. The Morgan fingerprint density at radius 2 is 1.67 bits per heavy atom. The third-order valence-corrected chi connectivity index (χ3v) is 7.18. The molecule has 0 bridgehead atoms. The molecule has 9 heteroatoms. The van der Waals surface area contributed by atoms with Crippen LogP contribution >= 0.6 is 0 Å². The predicted octanol–water partition coefficient (Wildman–Crippen LogP) is 2.31. The summed E-state index contributed by atoms with van der Waals surface area (Å²) in [6, 6.07) is 13.1. The summed E-state index contributed by atoms with van der Waals surface area (Å²) in [5.41, 5.74) is 1.70. The molecule has 0 radical (unpaired) electrons. The number of nitrogens with one attached hydrogen (secondary N) is 2. The monoisotopic (exact) mass is 471 g/mol. The number of benzene rings is 2. The van der Waals surface area contributed by atoms with Gasteiger partial charge in [0.2, 0.25) is 10.0 Å². The van der Waals surface area contributed by atoms with Crippen molar-refractivity contribution in [3.8, 4) is 0 Å². The summed E-state index contributed by atoms with van der Waals surface area (Å²) in [6.45, 7) is 5.29. The second-order valence-corrected chi connectivity index (χ2v) is 10.5. The minimum atomic E-state index is -3.62. The second kappa shape index (κ2) is 9.62. The van der Waals surface area contributed by atoms with E-state index in [0.717, 1.165) is 18.4 Å². The summed E-state index contributed by atoms with van der Waals surface area (Å²) in [4.78, 5) is 27.2. The zero-order valence-corrected chi connectivity index (χ0v) is 19.6. The number of morpholine rings is 1. The van der Waals surface area contributed by atoms with Gasteiger partial charge in [0.25, 0.3) is 11.8 Å². The van der Waals surface area contributed by atoms with Gasteiger partial charge in [-0.25, -0.2) is 13.1 Å². The fraction of sp³-hybridized carbons (Fsp3) is 0.417. The van der Waals surface area contributed by atoms with Crippen molar-refractivity contribution in [1.29, 1.82) is 0 Å². The van der Waals surface area contributed by atoms with Gasteiger partial charge in [-0.3, -0.25) is 9.59 Å². The summed E-state index contributed by atoms with van der Waals surface area (Å²) in [5.74, 6) is -0.402. The SMILES string of the molecule is CC1CN(C(=O)c2ccc(CNC(=O)c3cccc(S(=O)(=O)NC4CC4)c3)cc2)CC(C)O1. The minimum Gasteiger partial charge on any atom is -0.372 e. The van der Waals surface area contributed by atoms with Crippen molar-refractivity contribution in [1.82, 2.24) is 14.9 Å². The number of sulfonamides is 1. The quantitative estimate of drug-likeness (QED) is 0.645. The summed E-state index contributed by atoms with van der Waals surface area (Å²) < 4.78 is 33.1. The first-order valence-corrected chi connectivity index (χ1v) is 12.6. The first kappa shape index (κ1) is 23.4. The van der Waals surface area contributed by atoms with Crippen LogP contribution in [0.25, 0.3) is 0 Å². The van der Waals surface area contributed by atoms with Crippen molar-refractivity contribution in [3.63, 3.8) is 0 Å². The molecule has 2 fully saturated rings. The highest BCUT2D eigenvalue weighted by Gasteiger charge is 2.28. The molecule has 0 aromatic heterocycles. The average molecular weight is 472 g/mol. The first-order chi connectivity index (χ1) is 15.7. The van der Waals surface area contributed by atoms with Crippen LogP contribution in [-0.2, 0) is 21.3 Å². The van der Waals surface area contributed by atoms with Gasteiger partial charge in [0, 0.05) is 36.8 Å². The normalized spacial score (nSPS) is 21.0. The van der Waals surface area contributed by atoms with Gasteiger partial charge >= 0.3 is 0 Å². The van der Waals surface area contributed by atoms with Crippen LogP contribution in [0.3, 0.4) is 0 Å². The molecule has 2 amide bonds. The lowest BCUT2D eigenvalue weighted by molar-refractivity contribution is -0.0586. The molecule has 2 aliphatic rings. The number of carbonyl (C=O) groups is 2. The molecule has 4 rings (SSSR count). The Morgan fingerprint density at radius 3 is 2.30 bits per heavy atom. The molecule has 1 saturated carbocycles. The number of carbonyl (C=O) groups excluding carboxylic acids is 2. The Balaban J connectivity index is 1.35. The zero-order valence-electron chi connectivity index (χ0n) is 18.8. The number of amides is 2. The number of hydrogen-bond donors (Lipinski definition) is 2. The van der Waals surface area contributed by atoms with Gasteiger partial charge in [-0.15, -0.1) is 0 Å². The number of rotatable bonds is 7. The molecule has 2 atom stereocenters. The highest BCUT2D eigenvalue weighted by atomic mass is 32.2. The lowest BCUT2D eigenvalue weighted by Gasteiger charge is -2.35. The lowest BCUT2D eigenvalue weighted by atomic mass is 10.1. The van der Waals surface area contributed by atoms with E-state index in [1.54, 1.807) is 41.3 Å². The molecule has 2 unspecified atom stereocenters. The molecule has 1 saturated heterocycles. The summed E-state index contributed by atoms with van der Waals surface area (Å²) in [5, 5.41) is 2.80. The molecular formula is C24H29N3O5S. The van der Waals surface area contributed by atoms with E-state index in [1.165, 1.54) is 12.1 Å². The van der Waals surface area contributed by atoms with Gasteiger partial charge in [-0.05, 0) is 62.6 Å². The van der Waals surface area contributed by atoms with Gasteiger partial charge in [-0.2, -0.15) is 0 Å². The number of nitrogens with zero attached hydrogens (tertiary/aromatic N) is 1. The topological polar surface area (TPSA) is 105 Å². The zero-order chi connectivity index (χ0) is 23.6. The fourth-order valence-electron chi connectivity index (χ4n) is 3.87. The van der Waals surface area contributed by atoms with Gasteiger partial charge in [-0.1, -0.05) is 18.2 Å². The van der Waals surface area contributed by atoms with E-state index in [-0.39, 0.29) is 47.1 Å². The van der Waals surface area contributed by atoms with Crippen molar-refractivity contribution in [2.24, 2.45) is 0 Å². The molecule has 2 N–H and O–H groups in total. The Kier molecular flexibility index (Phi) is 6.83. The molecule has 1 aliphatic heterocycles. The van der Waals surface area contributed by atoms with Crippen molar-refractivity contribution >= 4 is 21.8 Å². The van der Waals surface area contributed by atoms with Crippen LogP contribution in [0.5, 0.6) is 0 Å². The van der Waals surface area contributed by atoms with Crippen LogP contribution in [0.2, 0.25) is 0 Å². The van der Waals surface area contributed by atoms with Gasteiger partial charge in [0.1, 0.15) is 0 Å². The maximum Gasteiger partial charge on any atom is 0.254 e. The summed E-state index contributed by atoms with van der Waals surface area (Å²) in [6.07, 6.45) is 1.69. The molecule has 1 aliphatic carbocycles. The van der Waals surface area contributed by atoms with Crippen LogP contribution < -0.4 is 10.0 Å². The Labute approximate surface area is 194 Å². The lowest BCUT2D eigenvalue weighted by Crippen LogP contribution is -2.48. The standard InChI is InChI=1S/C24H29N3O5S/c1-16-14-27(15-17(2)32-16)24(29)19-8-6-18(7-9-19)13-25-23(28)20-4-3-5-22(12-20)33(30,31)26-21-10-11-21/h3-9,12,16-17,21,26H,10-11,13-15H2,1-2H3,(H,25,28). The van der Waals surface area contributed by atoms with Gasteiger partial charge < -0.3 is 15.0 Å². The van der Waals surface area contributed by atoms with Gasteiger partial charge in [0.15, 0.2) is 0 Å². The molecule has 0 spiro atoms. The maximum absolute atomic E-state index is 12.8. The largest absolute Gasteiger partial charge is 0.372 e. The van der Waals surface area contributed by atoms with Crippen LogP contribution in [0.4, 0.5) is 0 Å². The van der Waals surface area contributed by atoms with E-state index in [2.05, 4.69) is 10.0 Å². The number of ether oxygens (including phenoxy) is 1. The fourth-order valence-corrected chi connectivity index (χ4v) is 5.22. The van der Waals surface area contributed by atoms with E-state index in [1.807, 2.05) is 13.8 Å². The molecule has 8 nitrogen and oxygen atoms in total. The summed E-state index contributed by atoms with van der Waals surface area (Å²) >= 11 is 0. The van der Waals surface area contributed by atoms with Crippen LogP contribution in [0.1, 0.15) is 53.0 Å². The van der Waals surface area contributed by atoms with Crippen molar-refractivity contribution in [3.05, 3.63) is 65.2 Å². The van der Waals surface area contributed by atoms with Crippen molar-refractivity contribution in [2.75, 3.05) is 13.1 Å². The molecule has 33 heavy (non-hydrogen) atoms. The van der Waals surface area contributed by atoms with Crippen molar-refractivity contribution < 1.29 is 22.7 Å². The van der Waals surface area contributed by atoms with E-state index in [4.69, 9.17) is 4.74 Å². The van der Waals surface area contributed by atoms with E-state index >= 15 is 0 Å². The van der Waals surface area contributed by atoms with E-state index in [9.17, 15) is 18.0 Å². The van der Waals surface area contributed by atoms with E-state index < -0.39 is 10.0 Å². The van der Waals surface area contributed by atoms with Crippen molar-refractivity contribution in [2.45, 2.75) is 56.4 Å². The second-order valence-electron chi connectivity index (χ2n) is 8.77. The molecular weight excluding hydrogens is 442 g/mol. The first-order valence-electron chi connectivity index (χ1n) is 11.2. The van der Waals surface area contributed by atoms with E-state index in [0.29, 0.717) is 18.7 Å². The highest BCUT2D eigenvalue weighted by Crippen LogP contribution is 2.22.